The van der Waals surface area contributed by atoms with Crippen LogP contribution in [0.4, 0.5) is 46.5 Å². The minimum atomic E-state index is -4.01. The molecule has 6 aromatic rings. The van der Waals surface area contributed by atoms with Crippen molar-refractivity contribution in [3.8, 4) is 22.9 Å². The highest BCUT2D eigenvalue weighted by Crippen LogP contribution is 2.36. The maximum Gasteiger partial charge on any atom is 0.314 e. The molecule has 4 saturated heterocycles. The normalized spacial score (nSPS) is 17.6. The molecule has 0 unspecified atom stereocenters. The van der Waals surface area contributed by atoms with E-state index < -0.39 is 91.5 Å². The lowest BCUT2D eigenvalue weighted by Crippen LogP contribution is -2.60. The highest BCUT2D eigenvalue weighted by atomic mass is 35.5. The Morgan fingerprint density at radius 1 is 0.590 bits per heavy atom. The number of benzene rings is 4. The van der Waals surface area contributed by atoms with Crippen LogP contribution in [0, 0.1) is 23.3 Å². The second-order valence-electron chi connectivity index (χ2n) is 19.1. The number of rotatable bonds is 16. The van der Waals surface area contributed by atoms with Crippen molar-refractivity contribution in [1.29, 1.82) is 0 Å². The zero-order valence-corrected chi connectivity index (χ0v) is 45.2. The van der Waals surface area contributed by atoms with Gasteiger partial charge < -0.3 is 19.1 Å². The predicted molar refractivity (Wildman–Crippen MR) is 277 cm³/mol. The summed E-state index contributed by atoms with van der Waals surface area (Å²) in [5, 5.41) is 14.7. The Kier molecular flexibility index (Phi) is 18.6. The van der Waals surface area contributed by atoms with Crippen molar-refractivity contribution in [2.45, 2.75) is 74.2 Å². The summed E-state index contributed by atoms with van der Waals surface area (Å²) in [7, 11) is -5.99. The van der Waals surface area contributed by atoms with Crippen LogP contribution in [0.5, 0.6) is 0 Å². The first-order chi connectivity index (χ1) is 36.7. The Balaban J connectivity index is 0.000000203. The van der Waals surface area contributed by atoms with Gasteiger partial charge in [0.1, 0.15) is 23.3 Å². The molecule has 10 rings (SSSR count). The number of alkyl halides is 4. The number of hydrogen-bond acceptors (Lipinski definition) is 14. The van der Waals surface area contributed by atoms with Gasteiger partial charge in [-0.05, 0) is 120 Å². The maximum atomic E-state index is 15.2. The molecule has 78 heavy (non-hydrogen) atoms. The van der Waals surface area contributed by atoms with E-state index >= 15 is 8.78 Å². The third-order valence-electron chi connectivity index (χ3n) is 14.1. The number of nitrogens with zero attached hydrogens (tertiary/aromatic N) is 9. The average Bonchev–Trinajstić information content (AvgIpc) is 4.18. The van der Waals surface area contributed by atoms with E-state index in [2.05, 4.69) is 40.4 Å². The molecule has 422 valence electrons. The summed E-state index contributed by atoms with van der Waals surface area (Å²) in [4.78, 5) is 6.75. The summed E-state index contributed by atoms with van der Waals surface area (Å²) in [6.07, 6.45) is -4.35. The minimum Gasteiger partial charge on any atom is -0.415 e. The van der Waals surface area contributed by atoms with Gasteiger partial charge in [-0.1, -0.05) is 35.3 Å². The van der Waals surface area contributed by atoms with Gasteiger partial charge in [0.25, 0.3) is 11.8 Å². The van der Waals surface area contributed by atoms with E-state index in [4.69, 9.17) is 32.0 Å². The molecule has 16 nitrogen and oxygen atoms in total. The number of piperidine rings is 2. The fourth-order valence-electron chi connectivity index (χ4n) is 9.61. The number of sulfonamides is 2. The Hall–Kier alpha value is -5.19. The monoisotopic (exact) mass is 1200 g/mol. The zero-order chi connectivity index (χ0) is 54.9. The number of likely N-dealkylation sites (tertiary alicyclic amines) is 3. The second kappa shape index (κ2) is 24.7. The van der Waals surface area contributed by atoms with Crippen LogP contribution < -0.4 is 13.9 Å². The van der Waals surface area contributed by atoms with Gasteiger partial charge >= 0.3 is 12.9 Å². The first-order valence-electron chi connectivity index (χ1n) is 24.3. The molecule has 0 spiro atoms. The summed E-state index contributed by atoms with van der Waals surface area (Å²) in [5.74, 6) is -5.42. The van der Waals surface area contributed by atoms with Gasteiger partial charge in [0.15, 0.2) is 0 Å². The molecule has 4 aliphatic heterocycles. The van der Waals surface area contributed by atoms with E-state index in [-0.39, 0.29) is 67.9 Å². The quantitative estimate of drug-likeness (QED) is 0.0908. The molecule has 29 heteroatoms. The molecule has 0 amide bonds. The summed E-state index contributed by atoms with van der Waals surface area (Å²) in [5.41, 5.74) is 0.331. The van der Waals surface area contributed by atoms with Crippen LogP contribution in [0.3, 0.4) is 0 Å². The van der Waals surface area contributed by atoms with Gasteiger partial charge in [-0.15, -0.1) is 32.8 Å². The van der Waals surface area contributed by atoms with Crippen molar-refractivity contribution < 1.29 is 60.8 Å². The van der Waals surface area contributed by atoms with E-state index in [1.165, 1.54) is 48.5 Å². The largest absolute Gasteiger partial charge is 0.415 e. The fourth-order valence-corrected chi connectivity index (χ4v) is 13.7. The topological polar surface area (TPSA) is 174 Å². The number of aromatic nitrogens is 4. The Morgan fingerprint density at radius 2 is 0.987 bits per heavy atom. The molecule has 6 heterocycles. The predicted octanol–water partition coefficient (Wildman–Crippen LogP) is 9.52. The first-order valence-corrected chi connectivity index (χ1v) is 28.0. The molecule has 0 atom stereocenters. The third-order valence-corrected chi connectivity index (χ3v) is 19.2. The molecule has 0 aliphatic carbocycles. The Labute approximate surface area is 460 Å². The van der Waals surface area contributed by atoms with Gasteiger partial charge in [0, 0.05) is 60.5 Å². The van der Waals surface area contributed by atoms with Gasteiger partial charge in [-0.2, -0.15) is 17.6 Å². The summed E-state index contributed by atoms with van der Waals surface area (Å²) >= 11 is 11.9. The molecule has 0 bridgehead atoms. The standard InChI is InChI=1S/C25H26ClF4N5O3S.C24H24ClF4N5O3S.ClH/c1-33-13-18(14-33)34-8-6-19(7-9-34)39(36,37)35(17-4-5-21(27)20(26)11-17)12-16-3-2-15(10-22(16)28)24-31-32-25(38-24)23(29)30;25-19-10-16(3-4-20(19)26)34(38(35,36)18-5-7-33(8-6-18)17-11-30-12-17)13-15-2-1-14(9-21(15)27)23-31-32-24(37-23)22(28)29;/h2-5,10-11,18-19,23H,6-9,12-14H2,1H3;1-4,9-10,17-18,22,30H,5-8,11-13H2;1H. The van der Waals surface area contributed by atoms with E-state index in [1.54, 1.807) is 0 Å². The molecular weight excluding hydrogens is 1150 g/mol. The lowest BCUT2D eigenvalue weighted by molar-refractivity contribution is 0.0407. The van der Waals surface area contributed by atoms with Gasteiger partial charge in [0.05, 0.1) is 45.0 Å². The molecule has 2 aromatic heterocycles. The summed E-state index contributed by atoms with van der Waals surface area (Å²) < 4.78 is 177. The van der Waals surface area contributed by atoms with Crippen LogP contribution in [0.2, 0.25) is 10.0 Å². The molecule has 0 radical (unpaired) electrons. The van der Waals surface area contributed by atoms with Crippen molar-refractivity contribution in [1.82, 2.24) is 40.4 Å². The SMILES string of the molecule is CN1CC(N2CCC(S(=O)(=O)N(Cc3ccc(-c4nnc(C(F)F)o4)cc3F)c3ccc(F)c(Cl)c3)CC2)C1.Cl.O=S(=O)(C1CCN(C2CNC2)CC1)N(Cc1ccc(-c2nnc(C(F)F)o2)cc1F)c1ccc(F)c(Cl)c1. The zero-order valence-electron chi connectivity index (χ0n) is 41.3. The molecule has 0 saturated carbocycles. The molecular formula is C49H51Cl3F8N10O6S2. The van der Waals surface area contributed by atoms with Gasteiger partial charge in [-0.3, -0.25) is 18.4 Å². The molecule has 4 aromatic carbocycles. The third kappa shape index (κ3) is 13.0. The lowest BCUT2D eigenvalue weighted by atomic mass is 10.0. The number of anilines is 2. The van der Waals surface area contributed by atoms with Gasteiger partial charge in [0.2, 0.25) is 31.8 Å². The fraction of sp³-hybridized carbons (Fsp3) is 0.429. The van der Waals surface area contributed by atoms with Crippen LogP contribution in [0.15, 0.2) is 81.6 Å². The van der Waals surface area contributed by atoms with Crippen LogP contribution in [0.1, 0.15) is 61.4 Å². The first kappa shape index (κ1) is 58.9. The van der Waals surface area contributed by atoms with E-state index in [0.29, 0.717) is 63.9 Å². The van der Waals surface area contributed by atoms with Crippen LogP contribution in [0.25, 0.3) is 22.9 Å². The van der Waals surface area contributed by atoms with Crippen molar-refractivity contribution >= 4 is 67.0 Å². The molecule has 4 fully saturated rings. The number of hydrogen-bond donors (Lipinski definition) is 1. The Bertz CT molecular complexity index is 3290. The van der Waals surface area contributed by atoms with Crippen molar-refractivity contribution in [2.75, 3.05) is 68.0 Å². The second-order valence-corrected chi connectivity index (χ2v) is 24.2. The van der Waals surface area contributed by atoms with E-state index in [0.717, 1.165) is 59.1 Å². The van der Waals surface area contributed by atoms with Crippen LogP contribution in [-0.2, 0) is 33.1 Å². The summed E-state index contributed by atoms with van der Waals surface area (Å²) in [6, 6.07) is 15.3. The van der Waals surface area contributed by atoms with E-state index in [9.17, 15) is 43.2 Å². The van der Waals surface area contributed by atoms with Crippen molar-refractivity contribution in [2.24, 2.45) is 0 Å². The highest BCUT2D eigenvalue weighted by molar-refractivity contribution is 7.93. The van der Waals surface area contributed by atoms with E-state index in [1.807, 2.05) is 7.05 Å². The highest BCUT2D eigenvalue weighted by Gasteiger charge is 2.40. The smallest absolute Gasteiger partial charge is 0.314 e. The lowest BCUT2D eigenvalue weighted by Gasteiger charge is -2.46. The minimum absolute atomic E-state index is 0. The number of likely N-dealkylation sites (N-methyl/N-ethyl adjacent to an activating group) is 1. The number of nitrogens with one attached hydrogen (secondary N) is 1. The Morgan fingerprint density at radius 3 is 1.31 bits per heavy atom. The van der Waals surface area contributed by atoms with Crippen molar-refractivity contribution in [3.05, 3.63) is 129 Å². The van der Waals surface area contributed by atoms with Crippen molar-refractivity contribution in [3.63, 3.8) is 0 Å². The molecule has 1 N–H and O–H groups in total. The van der Waals surface area contributed by atoms with Crippen LogP contribution >= 0.6 is 35.6 Å². The molecule has 4 aliphatic rings. The average molecular weight is 1200 g/mol. The maximum absolute atomic E-state index is 15.2. The van der Waals surface area contributed by atoms with Crippen LogP contribution in [-0.4, -0.2) is 134 Å². The number of halogens is 11. The summed E-state index contributed by atoms with van der Waals surface area (Å²) in [6.45, 7) is 5.32. The van der Waals surface area contributed by atoms with Gasteiger partial charge in [-0.25, -0.2) is 34.4 Å².